The first-order valence-corrected chi connectivity index (χ1v) is 7.12. The van der Waals surface area contributed by atoms with Crippen molar-refractivity contribution in [3.63, 3.8) is 0 Å². The minimum atomic E-state index is -0.176. The zero-order valence-electron chi connectivity index (χ0n) is 11.1. The predicted octanol–water partition coefficient (Wildman–Crippen LogP) is 3.08. The van der Waals surface area contributed by atoms with Crippen LogP contribution in [0.15, 0.2) is 30.4 Å². The third-order valence-electron chi connectivity index (χ3n) is 3.95. The molecule has 1 aromatic rings. The Morgan fingerprint density at radius 2 is 2.21 bits per heavy atom. The number of fused-ring (bicyclic) bond motifs is 1. The molecule has 0 aromatic heterocycles. The lowest BCUT2D eigenvalue weighted by molar-refractivity contribution is 0.224. The molecule has 2 nitrogen and oxygen atoms in total. The largest absolute Gasteiger partial charge is 0.488 e. The number of allylic oxidation sites excluding steroid dienone is 2. The second kappa shape index (κ2) is 5.74. The van der Waals surface area contributed by atoms with Gasteiger partial charge < -0.3 is 10.1 Å². The van der Waals surface area contributed by atoms with Crippen molar-refractivity contribution in [3.05, 3.63) is 41.7 Å². The maximum Gasteiger partial charge on any atom is 0.123 e. The summed E-state index contributed by atoms with van der Waals surface area (Å²) in [5.74, 6) is 1.42. The van der Waals surface area contributed by atoms with Gasteiger partial charge in [0, 0.05) is 18.5 Å². The van der Waals surface area contributed by atoms with Crippen LogP contribution in [0, 0.1) is 11.7 Å². The lowest BCUT2D eigenvalue weighted by Crippen LogP contribution is -2.33. The highest BCUT2D eigenvalue weighted by molar-refractivity contribution is 5.37. The molecule has 1 N–H and O–H groups in total. The van der Waals surface area contributed by atoms with Crippen molar-refractivity contribution in [3.8, 4) is 5.75 Å². The van der Waals surface area contributed by atoms with Crippen molar-refractivity contribution in [2.45, 2.75) is 31.8 Å². The minimum Gasteiger partial charge on any atom is -0.488 e. The molecule has 0 saturated carbocycles. The Bertz CT molecular complexity index is 472. The van der Waals surface area contributed by atoms with E-state index >= 15 is 0 Å². The molecule has 2 unspecified atom stereocenters. The third kappa shape index (κ3) is 3.16. The number of hydrogen-bond donors (Lipinski definition) is 1. The molecule has 0 spiro atoms. The van der Waals surface area contributed by atoms with Crippen LogP contribution in [0.3, 0.4) is 0 Å². The second-order valence-electron chi connectivity index (χ2n) is 5.50. The number of nitrogens with one attached hydrogen (secondary N) is 1. The van der Waals surface area contributed by atoms with Crippen molar-refractivity contribution < 1.29 is 9.13 Å². The summed E-state index contributed by atoms with van der Waals surface area (Å²) in [6, 6.07) is 4.78. The average Bonchev–Trinajstić information content (AvgIpc) is 2.82. The highest BCUT2D eigenvalue weighted by Crippen LogP contribution is 2.29. The molecule has 3 heteroatoms. The Balaban J connectivity index is 1.44. The molecule has 1 aromatic carbocycles. The van der Waals surface area contributed by atoms with Gasteiger partial charge in [-0.05, 0) is 49.9 Å². The number of benzene rings is 1. The highest BCUT2D eigenvalue weighted by Gasteiger charge is 2.23. The van der Waals surface area contributed by atoms with E-state index in [1.807, 2.05) is 0 Å². The predicted molar refractivity (Wildman–Crippen MR) is 73.9 cm³/mol. The zero-order chi connectivity index (χ0) is 13.1. The Kier molecular flexibility index (Phi) is 3.83. The number of rotatable bonds is 4. The van der Waals surface area contributed by atoms with Crippen LogP contribution in [0.2, 0.25) is 0 Å². The molecule has 2 atom stereocenters. The van der Waals surface area contributed by atoms with Gasteiger partial charge in [-0.3, -0.25) is 0 Å². The molecule has 0 fully saturated rings. The van der Waals surface area contributed by atoms with Crippen molar-refractivity contribution >= 4 is 0 Å². The van der Waals surface area contributed by atoms with Crippen LogP contribution in [-0.2, 0) is 6.42 Å². The van der Waals surface area contributed by atoms with E-state index in [4.69, 9.17) is 4.74 Å². The summed E-state index contributed by atoms with van der Waals surface area (Å²) in [6.07, 6.45) is 9.17. The van der Waals surface area contributed by atoms with Crippen molar-refractivity contribution in [2.24, 2.45) is 5.92 Å². The summed E-state index contributed by atoms with van der Waals surface area (Å²) in [5, 5.41) is 3.49. The molecule has 1 aliphatic carbocycles. The van der Waals surface area contributed by atoms with Gasteiger partial charge in [0.15, 0.2) is 0 Å². The molecule has 0 bridgehead atoms. The van der Waals surface area contributed by atoms with Gasteiger partial charge in [0.05, 0.1) is 0 Å². The number of hydrogen-bond acceptors (Lipinski definition) is 2. The maximum atomic E-state index is 13.1. The van der Waals surface area contributed by atoms with Gasteiger partial charge in [0.25, 0.3) is 0 Å². The van der Waals surface area contributed by atoms with Gasteiger partial charge in [-0.15, -0.1) is 0 Å². The van der Waals surface area contributed by atoms with Crippen LogP contribution < -0.4 is 10.1 Å². The van der Waals surface area contributed by atoms with Crippen molar-refractivity contribution in [2.75, 3.05) is 13.1 Å². The van der Waals surface area contributed by atoms with Crippen molar-refractivity contribution in [1.29, 1.82) is 0 Å². The van der Waals surface area contributed by atoms with Gasteiger partial charge in [-0.2, -0.15) is 0 Å². The highest BCUT2D eigenvalue weighted by atomic mass is 19.1. The Morgan fingerprint density at radius 1 is 1.26 bits per heavy atom. The van der Waals surface area contributed by atoms with Crippen LogP contribution in [0.4, 0.5) is 4.39 Å². The SMILES string of the molecule is Fc1ccc2c(c1)CC(CNCC1CC=CCC1)O2. The molecule has 0 saturated heterocycles. The topological polar surface area (TPSA) is 21.3 Å². The van der Waals surface area contributed by atoms with Crippen LogP contribution in [0.1, 0.15) is 24.8 Å². The average molecular weight is 261 g/mol. The monoisotopic (exact) mass is 261 g/mol. The lowest BCUT2D eigenvalue weighted by atomic mass is 9.94. The summed E-state index contributed by atoms with van der Waals surface area (Å²) in [5.41, 5.74) is 0.993. The van der Waals surface area contributed by atoms with Gasteiger partial charge in [0.1, 0.15) is 17.7 Å². The molecule has 102 valence electrons. The Morgan fingerprint density at radius 3 is 3.05 bits per heavy atom. The van der Waals surface area contributed by atoms with E-state index in [0.29, 0.717) is 0 Å². The molecule has 19 heavy (non-hydrogen) atoms. The molecule has 2 aliphatic rings. The lowest BCUT2D eigenvalue weighted by Gasteiger charge is -2.19. The molecule has 3 rings (SSSR count). The van der Waals surface area contributed by atoms with Crippen LogP contribution in [0.25, 0.3) is 0 Å². The van der Waals surface area contributed by atoms with Crippen LogP contribution in [0.5, 0.6) is 5.75 Å². The molecule has 1 aliphatic heterocycles. The summed E-state index contributed by atoms with van der Waals surface area (Å²) in [4.78, 5) is 0. The zero-order valence-corrected chi connectivity index (χ0v) is 11.1. The van der Waals surface area contributed by atoms with Crippen LogP contribution >= 0.6 is 0 Å². The Labute approximate surface area is 113 Å². The maximum absolute atomic E-state index is 13.1. The molecular formula is C16H20FNO. The van der Waals surface area contributed by atoms with E-state index in [1.54, 1.807) is 12.1 Å². The van der Waals surface area contributed by atoms with E-state index < -0.39 is 0 Å². The van der Waals surface area contributed by atoms with E-state index in [0.717, 1.165) is 36.7 Å². The van der Waals surface area contributed by atoms with Crippen molar-refractivity contribution in [1.82, 2.24) is 5.32 Å². The third-order valence-corrected chi connectivity index (χ3v) is 3.95. The van der Waals surface area contributed by atoms with E-state index in [2.05, 4.69) is 17.5 Å². The summed E-state index contributed by atoms with van der Waals surface area (Å²) < 4.78 is 18.9. The van der Waals surface area contributed by atoms with Gasteiger partial charge in [0.2, 0.25) is 0 Å². The van der Waals surface area contributed by atoms with E-state index in [-0.39, 0.29) is 11.9 Å². The quantitative estimate of drug-likeness (QED) is 0.841. The fraction of sp³-hybridized carbons (Fsp3) is 0.500. The van der Waals surface area contributed by atoms with Gasteiger partial charge in [-0.1, -0.05) is 12.2 Å². The number of ether oxygens (including phenoxy) is 1. The summed E-state index contributed by atoms with van der Waals surface area (Å²) in [6.45, 7) is 1.89. The molecular weight excluding hydrogens is 241 g/mol. The van der Waals surface area contributed by atoms with E-state index in [1.165, 1.54) is 25.3 Å². The van der Waals surface area contributed by atoms with Crippen LogP contribution in [-0.4, -0.2) is 19.2 Å². The molecule has 1 heterocycles. The standard InChI is InChI=1S/C16H20FNO/c17-14-6-7-16-13(8-14)9-15(19-16)11-18-10-12-4-2-1-3-5-12/h1-2,6-8,12,15,18H,3-5,9-11H2. The molecule has 0 amide bonds. The molecule has 0 radical (unpaired) electrons. The second-order valence-corrected chi connectivity index (χ2v) is 5.50. The first-order valence-electron chi connectivity index (χ1n) is 7.12. The minimum absolute atomic E-state index is 0.149. The smallest absolute Gasteiger partial charge is 0.123 e. The summed E-state index contributed by atoms with van der Waals surface area (Å²) in [7, 11) is 0. The van der Waals surface area contributed by atoms with Gasteiger partial charge in [-0.25, -0.2) is 4.39 Å². The normalized spacial score (nSPS) is 25.1. The fourth-order valence-corrected chi connectivity index (χ4v) is 2.89. The Hall–Kier alpha value is -1.35. The first kappa shape index (κ1) is 12.7. The summed E-state index contributed by atoms with van der Waals surface area (Å²) >= 11 is 0. The van der Waals surface area contributed by atoms with E-state index in [9.17, 15) is 4.39 Å². The number of halogens is 1. The first-order chi connectivity index (χ1) is 9.31. The van der Waals surface area contributed by atoms with Gasteiger partial charge >= 0.3 is 0 Å². The fourth-order valence-electron chi connectivity index (χ4n) is 2.89.